The maximum absolute atomic E-state index is 12.1. The van der Waals surface area contributed by atoms with Gasteiger partial charge in [0.2, 0.25) is 5.91 Å². The van der Waals surface area contributed by atoms with Crippen LogP contribution in [0.2, 0.25) is 0 Å². The number of carboxylic acid groups (broad SMARTS) is 1. The molecule has 0 radical (unpaired) electrons. The van der Waals surface area contributed by atoms with Gasteiger partial charge < -0.3 is 20.6 Å². The predicted octanol–water partition coefficient (Wildman–Crippen LogP) is 0.601. The van der Waals surface area contributed by atoms with Gasteiger partial charge in [-0.25, -0.2) is 9.59 Å². The third kappa shape index (κ3) is 2.81. The lowest BCUT2D eigenvalue weighted by Gasteiger charge is -2.43. The Kier molecular flexibility index (Phi) is 4.36. The van der Waals surface area contributed by atoms with E-state index in [4.69, 9.17) is 0 Å². The molecule has 0 unspecified atom stereocenters. The molecule has 2 fully saturated rings. The minimum Gasteiger partial charge on any atom is -0.480 e. The zero-order chi connectivity index (χ0) is 15.8. The Bertz CT molecular complexity index is 468. The highest BCUT2D eigenvalue weighted by molar-refractivity contribution is 8.01. The average molecular weight is 315 g/mol. The van der Waals surface area contributed by atoms with Gasteiger partial charge in [-0.1, -0.05) is 13.3 Å². The molecular formula is C13H21N3O4S. The number of carbonyl (C=O) groups is 3. The summed E-state index contributed by atoms with van der Waals surface area (Å²) in [5, 5.41) is 14.3. The van der Waals surface area contributed by atoms with Crippen molar-refractivity contribution in [3.8, 4) is 0 Å². The summed E-state index contributed by atoms with van der Waals surface area (Å²) in [6.45, 7) is 6.20. The van der Waals surface area contributed by atoms with Crippen LogP contribution in [0.3, 0.4) is 0 Å². The van der Waals surface area contributed by atoms with Crippen molar-refractivity contribution >= 4 is 29.7 Å². The molecular weight excluding hydrogens is 294 g/mol. The number of urea groups is 1. The van der Waals surface area contributed by atoms with Crippen molar-refractivity contribution < 1.29 is 19.5 Å². The van der Waals surface area contributed by atoms with Crippen molar-refractivity contribution in [3.05, 3.63) is 0 Å². The third-order valence-corrected chi connectivity index (χ3v) is 5.35. The quantitative estimate of drug-likeness (QED) is 0.510. The standard InChI is InChI=1S/C13H21N3O4S/c1-4-5-6-14-12(20)15-7-9(17)16-8(11(18)19)13(2,3)21-10(7)16/h7-8,10H,4-6H2,1-3H3,(H,18,19)(H2,14,15,20)/t7-,8+,10-/m1/s1. The molecule has 3 N–H and O–H groups in total. The van der Waals surface area contributed by atoms with Gasteiger partial charge in [0, 0.05) is 11.3 Å². The number of unbranched alkanes of at least 4 members (excludes halogenated alkanes) is 1. The zero-order valence-corrected chi connectivity index (χ0v) is 13.2. The molecule has 0 aromatic carbocycles. The molecule has 8 heteroatoms. The van der Waals surface area contributed by atoms with E-state index < -0.39 is 22.8 Å². The summed E-state index contributed by atoms with van der Waals surface area (Å²) in [4.78, 5) is 36.5. The van der Waals surface area contributed by atoms with Crippen LogP contribution < -0.4 is 10.6 Å². The summed E-state index contributed by atoms with van der Waals surface area (Å²) in [5.74, 6) is -1.33. The number of nitrogens with zero attached hydrogens (tertiary/aromatic N) is 1. The summed E-state index contributed by atoms with van der Waals surface area (Å²) in [7, 11) is 0. The van der Waals surface area contributed by atoms with Crippen LogP contribution >= 0.6 is 11.8 Å². The number of aliphatic carboxylic acids is 1. The largest absolute Gasteiger partial charge is 0.480 e. The number of amides is 3. The highest BCUT2D eigenvalue weighted by atomic mass is 32.2. The summed E-state index contributed by atoms with van der Waals surface area (Å²) >= 11 is 1.42. The van der Waals surface area contributed by atoms with E-state index in [0.717, 1.165) is 12.8 Å². The molecule has 0 saturated carbocycles. The number of hydrogen-bond donors (Lipinski definition) is 3. The first-order valence-electron chi connectivity index (χ1n) is 7.06. The van der Waals surface area contributed by atoms with E-state index in [1.807, 2.05) is 6.92 Å². The first-order valence-corrected chi connectivity index (χ1v) is 7.94. The SMILES string of the molecule is CCCCNC(=O)N[C@@H]1C(=O)N2[C@@H]1SC(C)(C)[C@@H]2C(=O)O. The predicted molar refractivity (Wildman–Crippen MR) is 79.0 cm³/mol. The molecule has 0 bridgehead atoms. The zero-order valence-electron chi connectivity index (χ0n) is 12.4. The van der Waals surface area contributed by atoms with Crippen LogP contribution in [0.5, 0.6) is 0 Å². The fourth-order valence-corrected chi connectivity index (χ4v) is 4.34. The Morgan fingerprint density at radius 1 is 1.43 bits per heavy atom. The van der Waals surface area contributed by atoms with Crippen LogP contribution in [0, 0.1) is 0 Å². The van der Waals surface area contributed by atoms with Crippen molar-refractivity contribution in [1.82, 2.24) is 15.5 Å². The molecule has 7 nitrogen and oxygen atoms in total. The maximum atomic E-state index is 12.1. The molecule has 2 saturated heterocycles. The lowest BCUT2D eigenvalue weighted by Crippen LogP contribution is -2.71. The molecule has 0 aromatic rings. The van der Waals surface area contributed by atoms with Crippen molar-refractivity contribution in [1.29, 1.82) is 0 Å². The van der Waals surface area contributed by atoms with Crippen LogP contribution in [-0.2, 0) is 9.59 Å². The molecule has 0 spiro atoms. The van der Waals surface area contributed by atoms with E-state index in [1.165, 1.54) is 16.7 Å². The van der Waals surface area contributed by atoms with E-state index in [-0.39, 0.29) is 17.3 Å². The van der Waals surface area contributed by atoms with E-state index in [0.29, 0.717) is 6.54 Å². The molecule has 2 aliphatic heterocycles. The molecule has 2 rings (SSSR count). The lowest BCUT2D eigenvalue weighted by atomic mass is 9.96. The highest BCUT2D eigenvalue weighted by Gasteiger charge is 2.64. The number of thioether (sulfide) groups is 1. The third-order valence-electron chi connectivity index (χ3n) is 3.78. The molecule has 2 aliphatic rings. The van der Waals surface area contributed by atoms with Crippen molar-refractivity contribution in [2.75, 3.05) is 6.54 Å². The molecule has 0 aliphatic carbocycles. The maximum Gasteiger partial charge on any atom is 0.327 e. The first-order chi connectivity index (χ1) is 9.79. The average Bonchev–Trinajstić information content (AvgIpc) is 2.65. The molecule has 0 aromatic heterocycles. The van der Waals surface area contributed by atoms with E-state index in [2.05, 4.69) is 10.6 Å². The number of nitrogens with one attached hydrogen (secondary N) is 2. The minimum atomic E-state index is -1.01. The van der Waals surface area contributed by atoms with E-state index in [9.17, 15) is 19.5 Å². The fourth-order valence-electron chi connectivity index (χ4n) is 2.72. The van der Waals surface area contributed by atoms with Crippen LogP contribution in [0.15, 0.2) is 0 Å². The Balaban J connectivity index is 1.97. The van der Waals surface area contributed by atoms with Gasteiger partial charge in [0.15, 0.2) is 0 Å². The number of β-lactam (4-membered cyclic amide) rings is 1. The van der Waals surface area contributed by atoms with Gasteiger partial charge in [-0.05, 0) is 20.3 Å². The Morgan fingerprint density at radius 2 is 2.10 bits per heavy atom. The lowest BCUT2D eigenvalue weighted by molar-refractivity contribution is -0.159. The van der Waals surface area contributed by atoms with Crippen LogP contribution in [0.4, 0.5) is 4.79 Å². The van der Waals surface area contributed by atoms with Crippen LogP contribution in [-0.4, -0.2) is 56.7 Å². The first kappa shape index (κ1) is 15.9. The number of carbonyl (C=O) groups excluding carboxylic acids is 2. The number of hydrogen-bond acceptors (Lipinski definition) is 4. The highest BCUT2D eigenvalue weighted by Crippen LogP contribution is 2.50. The van der Waals surface area contributed by atoms with Gasteiger partial charge in [0.1, 0.15) is 17.5 Å². The van der Waals surface area contributed by atoms with Crippen molar-refractivity contribution in [2.45, 2.75) is 55.8 Å². The van der Waals surface area contributed by atoms with E-state index >= 15 is 0 Å². The summed E-state index contributed by atoms with van der Waals surface area (Å²) in [5.41, 5.74) is 0. The van der Waals surface area contributed by atoms with Crippen molar-refractivity contribution in [3.63, 3.8) is 0 Å². The smallest absolute Gasteiger partial charge is 0.327 e. The van der Waals surface area contributed by atoms with Crippen molar-refractivity contribution in [2.24, 2.45) is 0 Å². The number of fused-ring (bicyclic) bond motifs is 1. The van der Waals surface area contributed by atoms with Gasteiger partial charge in [-0.15, -0.1) is 11.8 Å². The van der Waals surface area contributed by atoms with Crippen LogP contribution in [0.25, 0.3) is 0 Å². The van der Waals surface area contributed by atoms with Gasteiger partial charge >= 0.3 is 12.0 Å². The van der Waals surface area contributed by atoms with Gasteiger partial charge in [-0.3, -0.25) is 4.79 Å². The summed E-state index contributed by atoms with van der Waals surface area (Å²) in [6.07, 6.45) is 1.85. The summed E-state index contributed by atoms with van der Waals surface area (Å²) < 4.78 is -0.568. The molecule has 2 heterocycles. The number of rotatable bonds is 5. The molecule has 21 heavy (non-hydrogen) atoms. The Hall–Kier alpha value is -1.44. The Labute approximate surface area is 127 Å². The molecule has 118 valence electrons. The fraction of sp³-hybridized carbons (Fsp3) is 0.769. The monoisotopic (exact) mass is 315 g/mol. The van der Waals surface area contributed by atoms with E-state index in [1.54, 1.807) is 13.8 Å². The second-order valence-electron chi connectivity index (χ2n) is 5.83. The normalized spacial score (nSPS) is 29.6. The summed E-state index contributed by atoms with van der Waals surface area (Å²) in [6, 6.07) is -1.86. The second-order valence-corrected chi connectivity index (χ2v) is 7.60. The topological polar surface area (TPSA) is 98.7 Å². The minimum absolute atomic E-state index is 0.300. The van der Waals surface area contributed by atoms with Crippen LogP contribution in [0.1, 0.15) is 33.6 Å². The molecule has 3 amide bonds. The van der Waals surface area contributed by atoms with Gasteiger partial charge in [0.05, 0.1) is 0 Å². The number of carboxylic acids is 1. The Morgan fingerprint density at radius 3 is 2.67 bits per heavy atom. The van der Waals surface area contributed by atoms with Gasteiger partial charge in [0.25, 0.3) is 0 Å². The molecule has 3 atom stereocenters. The van der Waals surface area contributed by atoms with Gasteiger partial charge in [-0.2, -0.15) is 0 Å². The second kappa shape index (κ2) is 5.75.